The van der Waals surface area contributed by atoms with Crippen molar-refractivity contribution in [2.75, 3.05) is 26.2 Å². The maximum Gasteiger partial charge on any atom is 0.184 e. The summed E-state index contributed by atoms with van der Waals surface area (Å²) in [5, 5.41) is 8.97. The van der Waals surface area contributed by atoms with Crippen LogP contribution in [0, 0.1) is 11.3 Å². The Hall–Kier alpha value is -2.74. The number of nitriles is 1. The number of hydrogen-bond donors (Lipinski definition) is 0. The molecule has 0 unspecified atom stereocenters. The number of aromatic nitrogens is 1. The minimum absolute atomic E-state index is 0.551. The quantitative estimate of drug-likeness (QED) is 0.844. The number of nitrogens with zero attached hydrogens (tertiary/aromatic N) is 3. The fraction of sp³-hybridized carbons (Fsp3) is 0.250. The summed E-state index contributed by atoms with van der Waals surface area (Å²) in [7, 11) is 5.14. The van der Waals surface area contributed by atoms with Crippen molar-refractivity contribution in [3.8, 4) is 17.6 Å². The maximum atomic E-state index is 8.97. The van der Waals surface area contributed by atoms with E-state index < -0.39 is 0 Å². The lowest BCUT2D eigenvalue weighted by Crippen LogP contribution is -2.18. The molecule has 1 heterocycles. The van der Waals surface area contributed by atoms with Gasteiger partial charge in [-0.1, -0.05) is 6.07 Å². The van der Waals surface area contributed by atoms with Gasteiger partial charge in [-0.3, -0.25) is 4.98 Å². The van der Waals surface area contributed by atoms with E-state index in [9.17, 15) is 0 Å². The molecule has 5 heteroatoms. The largest absolute Gasteiger partial charge is 0.493 e. The Morgan fingerprint density at radius 3 is 2.71 bits per heavy atom. The Morgan fingerprint density at radius 2 is 2.05 bits per heavy atom. The third-order valence-electron chi connectivity index (χ3n) is 3.17. The molecule has 2 rings (SSSR count). The van der Waals surface area contributed by atoms with Crippen LogP contribution in [0.15, 0.2) is 36.5 Å². The molecule has 0 bridgehead atoms. The van der Waals surface area contributed by atoms with Crippen molar-refractivity contribution in [3.05, 3.63) is 47.8 Å². The van der Waals surface area contributed by atoms with Crippen LogP contribution in [0.2, 0.25) is 0 Å². The summed E-state index contributed by atoms with van der Waals surface area (Å²) in [6, 6.07) is 11.3. The third-order valence-corrected chi connectivity index (χ3v) is 3.17. The maximum absolute atomic E-state index is 8.97. The molecule has 0 amide bonds. The summed E-state index contributed by atoms with van der Waals surface area (Å²) in [5.74, 6) is 1.28. The first-order chi connectivity index (χ1) is 10.2. The van der Waals surface area contributed by atoms with E-state index in [4.69, 9.17) is 14.7 Å². The number of ether oxygens (including phenoxy) is 2. The van der Waals surface area contributed by atoms with E-state index in [1.807, 2.05) is 30.1 Å². The molecule has 1 aromatic heterocycles. The van der Waals surface area contributed by atoms with Gasteiger partial charge in [0, 0.05) is 25.0 Å². The number of benzene rings is 1. The molecule has 5 nitrogen and oxygen atoms in total. The average molecular weight is 283 g/mol. The van der Waals surface area contributed by atoms with Crippen LogP contribution < -0.4 is 14.4 Å². The lowest BCUT2D eigenvalue weighted by Gasteiger charge is -2.21. The predicted molar refractivity (Wildman–Crippen MR) is 80.6 cm³/mol. The van der Waals surface area contributed by atoms with E-state index in [2.05, 4.69) is 11.1 Å². The van der Waals surface area contributed by atoms with Crippen LogP contribution in [0.1, 0.15) is 11.3 Å². The second kappa shape index (κ2) is 6.62. The van der Waals surface area contributed by atoms with Gasteiger partial charge >= 0.3 is 0 Å². The fourth-order valence-electron chi connectivity index (χ4n) is 2.09. The summed E-state index contributed by atoms with van der Waals surface area (Å²) >= 11 is 0. The van der Waals surface area contributed by atoms with Crippen molar-refractivity contribution in [2.45, 2.75) is 6.54 Å². The summed E-state index contributed by atoms with van der Waals surface area (Å²) in [6.45, 7) is 0.551. The van der Waals surface area contributed by atoms with Crippen molar-refractivity contribution in [1.29, 1.82) is 5.26 Å². The lowest BCUT2D eigenvalue weighted by molar-refractivity contribution is 0.349. The summed E-state index contributed by atoms with van der Waals surface area (Å²) in [5.41, 5.74) is 2.35. The zero-order chi connectivity index (χ0) is 15.2. The highest BCUT2D eigenvalue weighted by molar-refractivity contribution is 5.52. The van der Waals surface area contributed by atoms with E-state index in [1.165, 1.54) is 0 Å². The Kier molecular flexibility index (Phi) is 4.62. The molecule has 0 spiro atoms. The van der Waals surface area contributed by atoms with Crippen LogP contribution >= 0.6 is 0 Å². The van der Waals surface area contributed by atoms with Crippen LogP contribution in [0.5, 0.6) is 11.5 Å². The van der Waals surface area contributed by atoms with Crippen LogP contribution in [-0.2, 0) is 6.54 Å². The normalized spacial score (nSPS) is 9.81. The highest BCUT2D eigenvalue weighted by Crippen LogP contribution is 2.30. The van der Waals surface area contributed by atoms with E-state index in [1.54, 1.807) is 32.5 Å². The number of methoxy groups -OCH3 is 2. The summed E-state index contributed by atoms with van der Waals surface area (Å²) in [6.07, 6.45) is 1.69. The molecule has 1 aromatic carbocycles. The van der Waals surface area contributed by atoms with Gasteiger partial charge in [0.05, 0.1) is 32.4 Å². The SMILES string of the molecule is COc1ccnc(CN(C)c2cccc(C#N)c2)c1OC. The Bertz CT molecular complexity index is 665. The minimum Gasteiger partial charge on any atom is -0.493 e. The van der Waals surface area contributed by atoms with Gasteiger partial charge in [-0.15, -0.1) is 0 Å². The summed E-state index contributed by atoms with van der Waals surface area (Å²) in [4.78, 5) is 6.36. The third kappa shape index (κ3) is 3.23. The monoisotopic (exact) mass is 283 g/mol. The van der Waals surface area contributed by atoms with Crippen LogP contribution in [-0.4, -0.2) is 26.3 Å². The molecule has 0 fully saturated rings. The molecule has 21 heavy (non-hydrogen) atoms. The molecule has 0 atom stereocenters. The molecule has 0 saturated carbocycles. The van der Waals surface area contributed by atoms with E-state index in [0.717, 1.165) is 11.4 Å². The second-order valence-electron chi connectivity index (χ2n) is 4.51. The predicted octanol–water partition coefficient (Wildman–Crippen LogP) is 2.61. The highest BCUT2D eigenvalue weighted by atomic mass is 16.5. The van der Waals surface area contributed by atoms with Crippen molar-refractivity contribution < 1.29 is 9.47 Å². The topological polar surface area (TPSA) is 58.4 Å². The van der Waals surface area contributed by atoms with Gasteiger partial charge in [0.15, 0.2) is 11.5 Å². The van der Waals surface area contributed by atoms with Crippen molar-refractivity contribution in [1.82, 2.24) is 4.98 Å². The first-order valence-electron chi connectivity index (χ1n) is 6.46. The molecule has 0 aliphatic rings. The standard InChI is InChI=1S/C16H17N3O2/c1-19(13-6-4-5-12(9-13)10-17)11-14-16(21-3)15(20-2)7-8-18-14/h4-9H,11H2,1-3H3. The van der Waals surface area contributed by atoms with Gasteiger partial charge in [0.1, 0.15) is 5.69 Å². The van der Waals surface area contributed by atoms with Crippen LogP contribution in [0.25, 0.3) is 0 Å². The molecule has 0 saturated heterocycles. The Morgan fingerprint density at radius 1 is 1.24 bits per heavy atom. The smallest absolute Gasteiger partial charge is 0.184 e. The molecule has 0 aliphatic heterocycles. The molecule has 0 aliphatic carbocycles. The van der Waals surface area contributed by atoms with Crippen LogP contribution in [0.3, 0.4) is 0 Å². The first kappa shape index (κ1) is 14.7. The van der Waals surface area contributed by atoms with Crippen molar-refractivity contribution in [3.63, 3.8) is 0 Å². The Labute approximate surface area is 124 Å². The van der Waals surface area contributed by atoms with Gasteiger partial charge in [0.25, 0.3) is 0 Å². The number of anilines is 1. The summed E-state index contributed by atoms with van der Waals surface area (Å²) < 4.78 is 10.7. The molecule has 2 aromatic rings. The van der Waals surface area contributed by atoms with Gasteiger partial charge in [0.2, 0.25) is 0 Å². The van der Waals surface area contributed by atoms with Gasteiger partial charge in [-0.05, 0) is 18.2 Å². The van der Waals surface area contributed by atoms with Crippen molar-refractivity contribution >= 4 is 5.69 Å². The lowest BCUT2D eigenvalue weighted by atomic mass is 10.2. The molecular formula is C16H17N3O2. The number of rotatable bonds is 5. The van der Waals surface area contributed by atoms with E-state index in [0.29, 0.717) is 23.6 Å². The van der Waals surface area contributed by atoms with Gasteiger partial charge < -0.3 is 14.4 Å². The molecule has 0 radical (unpaired) electrons. The van der Waals surface area contributed by atoms with E-state index in [-0.39, 0.29) is 0 Å². The van der Waals surface area contributed by atoms with Gasteiger partial charge in [-0.25, -0.2) is 0 Å². The number of pyridine rings is 1. The zero-order valence-corrected chi connectivity index (χ0v) is 12.3. The Balaban J connectivity index is 2.27. The second-order valence-corrected chi connectivity index (χ2v) is 4.51. The first-order valence-corrected chi connectivity index (χ1v) is 6.46. The molecule has 108 valence electrons. The van der Waals surface area contributed by atoms with Crippen LogP contribution in [0.4, 0.5) is 5.69 Å². The zero-order valence-electron chi connectivity index (χ0n) is 12.3. The number of hydrogen-bond acceptors (Lipinski definition) is 5. The molecular weight excluding hydrogens is 266 g/mol. The van der Waals surface area contributed by atoms with Crippen molar-refractivity contribution in [2.24, 2.45) is 0 Å². The fourth-order valence-corrected chi connectivity index (χ4v) is 2.09. The van der Waals surface area contributed by atoms with E-state index >= 15 is 0 Å². The van der Waals surface area contributed by atoms with Gasteiger partial charge in [-0.2, -0.15) is 5.26 Å². The minimum atomic E-state index is 0.551. The molecule has 0 N–H and O–H groups in total. The highest BCUT2D eigenvalue weighted by Gasteiger charge is 2.13. The average Bonchev–Trinajstić information content (AvgIpc) is 2.54.